The first-order valence-electron chi connectivity index (χ1n) is 9.24. The summed E-state index contributed by atoms with van der Waals surface area (Å²) in [6.45, 7) is 1.20. The molecule has 142 valence electrons. The van der Waals surface area contributed by atoms with Gasteiger partial charge >= 0.3 is 0 Å². The van der Waals surface area contributed by atoms with Gasteiger partial charge in [-0.1, -0.05) is 12.1 Å². The smallest absolute Gasteiger partial charge is 0.253 e. The Kier molecular flexibility index (Phi) is 5.10. The number of halogens is 2. The molecule has 0 spiro atoms. The fourth-order valence-corrected chi connectivity index (χ4v) is 3.54. The molecular formula is C22H19F2N3O. The van der Waals surface area contributed by atoms with Crippen LogP contribution in [0.15, 0.2) is 60.8 Å². The van der Waals surface area contributed by atoms with Crippen molar-refractivity contribution in [1.82, 2.24) is 14.9 Å². The molecule has 0 N–H and O–H groups in total. The maximum absolute atomic E-state index is 13.5. The average molecular weight is 379 g/mol. The second-order valence-electron chi connectivity index (χ2n) is 6.91. The van der Waals surface area contributed by atoms with Gasteiger partial charge in [-0.05, 0) is 55.3 Å². The zero-order valence-electron chi connectivity index (χ0n) is 15.2. The summed E-state index contributed by atoms with van der Waals surface area (Å²) in [5.74, 6) is -0.254. The molecular weight excluding hydrogens is 360 g/mol. The minimum Gasteiger partial charge on any atom is -0.338 e. The van der Waals surface area contributed by atoms with E-state index in [4.69, 9.17) is 0 Å². The molecule has 28 heavy (non-hydrogen) atoms. The Bertz CT molecular complexity index is 991. The van der Waals surface area contributed by atoms with E-state index < -0.39 is 0 Å². The highest BCUT2D eigenvalue weighted by Crippen LogP contribution is 2.28. The first kappa shape index (κ1) is 18.2. The lowest BCUT2D eigenvalue weighted by Gasteiger charge is -2.32. The van der Waals surface area contributed by atoms with Crippen LogP contribution < -0.4 is 0 Å². The summed E-state index contributed by atoms with van der Waals surface area (Å²) in [4.78, 5) is 23.4. The number of piperidine rings is 1. The zero-order chi connectivity index (χ0) is 19.5. The molecule has 1 amide bonds. The summed E-state index contributed by atoms with van der Waals surface area (Å²) >= 11 is 0. The largest absolute Gasteiger partial charge is 0.338 e. The van der Waals surface area contributed by atoms with Crippen molar-refractivity contribution in [3.63, 3.8) is 0 Å². The number of aromatic nitrogens is 2. The van der Waals surface area contributed by atoms with E-state index in [-0.39, 0.29) is 23.5 Å². The summed E-state index contributed by atoms with van der Waals surface area (Å²) in [6.07, 6.45) is 3.44. The molecule has 0 radical (unpaired) electrons. The normalized spacial score (nSPS) is 16.8. The summed E-state index contributed by atoms with van der Waals surface area (Å²) < 4.78 is 26.6. The van der Waals surface area contributed by atoms with Crippen molar-refractivity contribution in [1.29, 1.82) is 0 Å². The lowest BCUT2D eigenvalue weighted by atomic mass is 9.94. The van der Waals surface area contributed by atoms with Crippen molar-refractivity contribution >= 4 is 5.91 Å². The van der Waals surface area contributed by atoms with Crippen LogP contribution in [0.25, 0.3) is 11.4 Å². The SMILES string of the molecule is O=C(c1ccc(F)cc1)N1CCC[C@@H](c2ccnc(-c3cccc(F)c3)n2)C1. The Morgan fingerprint density at radius 2 is 1.86 bits per heavy atom. The Labute approximate surface area is 161 Å². The van der Waals surface area contributed by atoms with Gasteiger partial charge in [0.05, 0.1) is 0 Å². The molecule has 2 aromatic carbocycles. The fraction of sp³-hybridized carbons (Fsp3) is 0.227. The fourth-order valence-electron chi connectivity index (χ4n) is 3.54. The first-order valence-corrected chi connectivity index (χ1v) is 9.24. The van der Waals surface area contributed by atoms with E-state index in [0.29, 0.717) is 30.0 Å². The van der Waals surface area contributed by atoms with E-state index in [2.05, 4.69) is 9.97 Å². The Balaban J connectivity index is 1.54. The highest BCUT2D eigenvalue weighted by atomic mass is 19.1. The van der Waals surface area contributed by atoms with Gasteiger partial charge in [0.1, 0.15) is 11.6 Å². The van der Waals surface area contributed by atoms with E-state index in [1.807, 2.05) is 6.07 Å². The summed E-state index contributed by atoms with van der Waals surface area (Å²) in [5, 5.41) is 0. The molecule has 1 fully saturated rings. The van der Waals surface area contributed by atoms with E-state index in [1.54, 1.807) is 23.2 Å². The van der Waals surface area contributed by atoms with Gasteiger partial charge in [-0.25, -0.2) is 18.7 Å². The monoisotopic (exact) mass is 379 g/mol. The number of nitrogens with zero attached hydrogens (tertiary/aromatic N) is 3. The molecule has 0 aliphatic carbocycles. The van der Waals surface area contributed by atoms with Gasteiger partial charge < -0.3 is 4.90 Å². The molecule has 1 aliphatic rings. The first-order chi connectivity index (χ1) is 13.6. The van der Waals surface area contributed by atoms with Crippen LogP contribution in [0.5, 0.6) is 0 Å². The molecule has 2 heterocycles. The molecule has 4 nitrogen and oxygen atoms in total. The van der Waals surface area contributed by atoms with Crippen molar-refractivity contribution in [2.24, 2.45) is 0 Å². The number of hydrogen-bond acceptors (Lipinski definition) is 3. The molecule has 1 aliphatic heterocycles. The Hall–Kier alpha value is -3.15. The average Bonchev–Trinajstić information content (AvgIpc) is 2.74. The minimum atomic E-state index is -0.362. The second kappa shape index (κ2) is 7.84. The van der Waals surface area contributed by atoms with Gasteiger partial charge in [0.15, 0.2) is 5.82 Å². The van der Waals surface area contributed by atoms with Crippen LogP contribution in [-0.2, 0) is 0 Å². The van der Waals surface area contributed by atoms with Gasteiger partial charge in [-0.3, -0.25) is 4.79 Å². The summed E-state index contributed by atoms with van der Waals surface area (Å²) in [6, 6.07) is 13.6. The summed E-state index contributed by atoms with van der Waals surface area (Å²) in [5.41, 5.74) is 1.94. The molecule has 1 saturated heterocycles. The van der Waals surface area contributed by atoms with E-state index in [9.17, 15) is 13.6 Å². The lowest BCUT2D eigenvalue weighted by Crippen LogP contribution is -2.39. The number of amides is 1. The van der Waals surface area contributed by atoms with Crippen molar-refractivity contribution < 1.29 is 13.6 Å². The van der Waals surface area contributed by atoms with Crippen molar-refractivity contribution in [2.75, 3.05) is 13.1 Å². The number of likely N-dealkylation sites (tertiary alicyclic amines) is 1. The third kappa shape index (κ3) is 3.91. The van der Waals surface area contributed by atoms with Gasteiger partial charge in [0, 0.05) is 42.0 Å². The van der Waals surface area contributed by atoms with E-state index in [0.717, 1.165) is 18.5 Å². The van der Waals surface area contributed by atoms with Crippen LogP contribution in [0, 0.1) is 11.6 Å². The van der Waals surface area contributed by atoms with Crippen LogP contribution in [0.2, 0.25) is 0 Å². The lowest BCUT2D eigenvalue weighted by molar-refractivity contribution is 0.0706. The highest BCUT2D eigenvalue weighted by Gasteiger charge is 2.26. The standard InChI is InChI=1S/C22H19F2N3O/c23-18-8-6-15(7-9-18)22(28)27-12-2-4-17(14-27)20-10-11-25-21(26-20)16-3-1-5-19(24)13-16/h1,3,5-11,13,17H,2,4,12,14H2/t17-/m1/s1. The van der Waals surface area contributed by atoms with Gasteiger partial charge in [0.25, 0.3) is 5.91 Å². The molecule has 4 rings (SSSR count). The minimum absolute atomic E-state index is 0.0773. The van der Waals surface area contributed by atoms with Crippen molar-refractivity contribution in [2.45, 2.75) is 18.8 Å². The number of carbonyl (C=O) groups excluding carboxylic acids is 1. The van der Waals surface area contributed by atoms with Crippen LogP contribution in [-0.4, -0.2) is 33.9 Å². The molecule has 6 heteroatoms. The van der Waals surface area contributed by atoms with Gasteiger partial charge in [-0.2, -0.15) is 0 Å². The van der Waals surface area contributed by atoms with E-state index >= 15 is 0 Å². The Morgan fingerprint density at radius 1 is 1.04 bits per heavy atom. The van der Waals surface area contributed by atoms with Crippen molar-refractivity contribution in [3.8, 4) is 11.4 Å². The zero-order valence-corrected chi connectivity index (χ0v) is 15.2. The third-order valence-corrected chi connectivity index (χ3v) is 4.98. The van der Waals surface area contributed by atoms with Crippen molar-refractivity contribution in [3.05, 3.63) is 83.7 Å². The van der Waals surface area contributed by atoms with Gasteiger partial charge in [0.2, 0.25) is 0 Å². The third-order valence-electron chi connectivity index (χ3n) is 4.98. The van der Waals surface area contributed by atoms with E-state index in [1.165, 1.54) is 36.4 Å². The predicted molar refractivity (Wildman–Crippen MR) is 102 cm³/mol. The number of benzene rings is 2. The molecule has 3 aromatic rings. The molecule has 1 aromatic heterocycles. The topological polar surface area (TPSA) is 46.1 Å². The summed E-state index contributed by atoms with van der Waals surface area (Å²) in [7, 11) is 0. The molecule has 0 unspecified atom stereocenters. The van der Waals surface area contributed by atoms with Crippen LogP contribution in [0.1, 0.15) is 34.8 Å². The highest BCUT2D eigenvalue weighted by molar-refractivity contribution is 5.94. The van der Waals surface area contributed by atoms with Crippen LogP contribution in [0.4, 0.5) is 8.78 Å². The maximum atomic E-state index is 13.5. The Morgan fingerprint density at radius 3 is 2.64 bits per heavy atom. The van der Waals surface area contributed by atoms with Crippen LogP contribution in [0.3, 0.4) is 0 Å². The molecule has 1 atom stereocenters. The predicted octanol–water partition coefficient (Wildman–Crippen LogP) is 4.44. The van der Waals surface area contributed by atoms with Crippen LogP contribution >= 0.6 is 0 Å². The van der Waals surface area contributed by atoms with Gasteiger partial charge in [-0.15, -0.1) is 0 Å². The quantitative estimate of drug-likeness (QED) is 0.676. The maximum Gasteiger partial charge on any atom is 0.253 e. The number of hydrogen-bond donors (Lipinski definition) is 0. The molecule has 0 bridgehead atoms. The number of carbonyl (C=O) groups is 1. The number of rotatable bonds is 3. The second-order valence-corrected chi connectivity index (χ2v) is 6.91. The molecule has 0 saturated carbocycles.